The number of nitrogens with one attached hydrogen (secondary N) is 1. The van der Waals surface area contributed by atoms with Gasteiger partial charge in [-0.2, -0.15) is 0 Å². The summed E-state index contributed by atoms with van der Waals surface area (Å²) in [5.74, 6) is 2.71. The first-order chi connectivity index (χ1) is 14.7. The van der Waals surface area contributed by atoms with Crippen LogP contribution < -0.4 is 5.32 Å². The Morgan fingerprint density at radius 3 is 2.74 bits per heavy atom. The molecule has 0 radical (unpaired) electrons. The van der Waals surface area contributed by atoms with Crippen LogP contribution in [0.4, 0.5) is 0 Å². The van der Waals surface area contributed by atoms with Gasteiger partial charge in [0.2, 0.25) is 0 Å². The van der Waals surface area contributed by atoms with Crippen molar-refractivity contribution in [2.75, 3.05) is 6.54 Å². The molecule has 3 heteroatoms. The summed E-state index contributed by atoms with van der Waals surface area (Å²) in [6.07, 6.45) is 12.0. The largest absolute Gasteiger partial charge is 0.393 e. The molecule has 4 aliphatic carbocycles. The lowest BCUT2D eigenvalue weighted by Crippen LogP contribution is -2.49. The molecular formula is C28H43NO2. The first-order valence-electron chi connectivity index (χ1n) is 13.2. The molecule has 0 aromatic rings. The maximum Gasteiger partial charge on any atom is 0.0937 e. The van der Waals surface area contributed by atoms with E-state index in [4.69, 9.17) is 4.74 Å². The minimum Gasteiger partial charge on any atom is -0.393 e. The fourth-order valence-corrected chi connectivity index (χ4v) is 9.58. The number of fused-ring (bicyclic) bond motifs is 6. The van der Waals surface area contributed by atoms with Crippen molar-refractivity contribution in [3.8, 4) is 0 Å². The van der Waals surface area contributed by atoms with Gasteiger partial charge in [-0.15, -0.1) is 0 Å². The predicted octanol–water partition coefficient (Wildman–Crippen LogP) is 5.39. The molecule has 3 nitrogen and oxygen atoms in total. The van der Waals surface area contributed by atoms with Crippen molar-refractivity contribution in [1.82, 2.24) is 5.32 Å². The maximum absolute atomic E-state index is 10.3. The van der Waals surface area contributed by atoms with Crippen LogP contribution in [0.2, 0.25) is 0 Å². The van der Waals surface area contributed by atoms with Crippen LogP contribution in [0.1, 0.15) is 86.0 Å². The summed E-state index contributed by atoms with van der Waals surface area (Å²) >= 11 is 0. The van der Waals surface area contributed by atoms with Gasteiger partial charge in [0.05, 0.1) is 17.8 Å². The molecule has 4 fully saturated rings. The predicted molar refractivity (Wildman–Crippen MR) is 125 cm³/mol. The molecule has 2 unspecified atom stereocenters. The van der Waals surface area contributed by atoms with Crippen LogP contribution in [-0.4, -0.2) is 35.5 Å². The first-order valence-corrected chi connectivity index (χ1v) is 13.2. The van der Waals surface area contributed by atoms with Crippen LogP contribution in [0.15, 0.2) is 22.8 Å². The molecule has 2 heterocycles. The highest BCUT2D eigenvalue weighted by atomic mass is 16.5. The summed E-state index contributed by atoms with van der Waals surface area (Å²) < 4.78 is 7.06. The number of allylic oxidation sites excluding steroid dienone is 2. The van der Waals surface area contributed by atoms with E-state index in [2.05, 4.69) is 46.0 Å². The summed E-state index contributed by atoms with van der Waals surface area (Å²) in [6, 6.07) is 0.521. The van der Waals surface area contributed by atoms with Crippen molar-refractivity contribution in [2.45, 2.75) is 110 Å². The van der Waals surface area contributed by atoms with Gasteiger partial charge in [0, 0.05) is 12.0 Å². The average molecular weight is 426 g/mol. The van der Waals surface area contributed by atoms with E-state index >= 15 is 0 Å². The van der Waals surface area contributed by atoms with Crippen molar-refractivity contribution in [2.24, 2.45) is 34.5 Å². The van der Waals surface area contributed by atoms with Crippen molar-refractivity contribution in [3.05, 3.63) is 22.8 Å². The van der Waals surface area contributed by atoms with Gasteiger partial charge in [0.15, 0.2) is 0 Å². The van der Waals surface area contributed by atoms with Crippen molar-refractivity contribution in [3.63, 3.8) is 0 Å². The van der Waals surface area contributed by atoms with Crippen LogP contribution in [0.3, 0.4) is 0 Å². The molecule has 2 saturated carbocycles. The summed E-state index contributed by atoms with van der Waals surface area (Å²) in [4.78, 5) is 0. The molecule has 0 amide bonds. The van der Waals surface area contributed by atoms with Gasteiger partial charge in [-0.25, -0.2) is 0 Å². The smallest absolute Gasteiger partial charge is 0.0937 e. The molecule has 2 N–H and O–H groups in total. The molecule has 2 aliphatic heterocycles. The van der Waals surface area contributed by atoms with E-state index < -0.39 is 0 Å². The molecule has 0 aromatic heterocycles. The number of piperidine rings is 1. The number of ether oxygens (including phenoxy) is 1. The maximum atomic E-state index is 10.3. The van der Waals surface area contributed by atoms with Gasteiger partial charge < -0.3 is 15.2 Å². The Balaban J connectivity index is 1.37. The third kappa shape index (κ3) is 2.63. The van der Waals surface area contributed by atoms with Gasteiger partial charge in [-0.05, 0) is 99.0 Å². The molecular weight excluding hydrogens is 382 g/mol. The van der Waals surface area contributed by atoms with Gasteiger partial charge in [-0.1, -0.05) is 44.9 Å². The van der Waals surface area contributed by atoms with Gasteiger partial charge >= 0.3 is 0 Å². The first kappa shape index (κ1) is 20.9. The van der Waals surface area contributed by atoms with Crippen molar-refractivity contribution >= 4 is 0 Å². The summed E-state index contributed by atoms with van der Waals surface area (Å²) in [7, 11) is 0. The van der Waals surface area contributed by atoms with E-state index in [1.807, 2.05) is 0 Å². The zero-order valence-corrected chi connectivity index (χ0v) is 20.3. The van der Waals surface area contributed by atoms with Crippen LogP contribution in [0, 0.1) is 34.5 Å². The average Bonchev–Trinajstić information content (AvgIpc) is 3.19. The number of rotatable bonds is 0. The lowest BCUT2D eigenvalue weighted by Gasteiger charge is -2.54. The lowest BCUT2D eigenvalue weighted by atomic mass is 9.51. The van der Waals surface area contributed by atoms with Crippen molar-refractivity contribution < 1.29 is 9.84 Å². The quantitative estimate of drug-likeness (QED) is 0.511. The molecule has 2 saturated heterocycles. The molecule has 172 valence electrons. The van der Waals surface area contributed by atoms with Crippen molar-refractivity contribution in [1.29, 1.82) is 0 Å². The zero-order chi connectivity index (χ0) is 21.8. The zero-order valence-electron chi connectivity index (χ0n) is 20.3. The molecule has 6 aliphatic rings. The Morgan fingerprint density at radius 1 is 1.13 bits per heavy atom. The van der Waals surface area contributed by atoms with Gasteiger partial charge in [0.1, 0.15) is 0 Å². The Labute approximate surface area is 189 Å². The lowest BCUT2D eigenvalue weighted by molar-refractivity contribution is -0.0590. The van der Waals surface area contributed by atoms with E-state index in [0.29, 0.717) is 29.4 Å². The normalized spacial score (nSPS) is 56.1. The van der Waals surface area contributed by atoms with Crippen LogP contribution in [0.5, 0.6) is 0 Å². The highest BCUT2D eigenvalue weighted by Crippen LogP contribution is 2.69. The van der Waals surface area contributed by atoms with Gasteiger partial charge in [-0.3, -0.25) is 0 Å². The minimum atomic E-state index is -0.123. The summed E-state index contributed by atoms with van der Waals surface area (Å²) in [6.45, 7) is 13.5. The van der Waals surface area contributed by atoms with E-state index in [1.165, 1.54) is 32.1 Å². The molecule has 1 spiro atoms. The standard InChI is InChI=1S/C28H43NO2/c1-16-12-23-25(29-15-16)18(3)28(31-23)11-8-22-21(17(28)2)14-24-26(4)10-7-20(30)13-19(26)6-9-27(22,24)5/h6,16,18,20,22-25,29-30H,7-15H2,1-5H3/t16-,18+,20-,22?,23+,24+,25?,26-,27-,28-/m0/s1. The van der Waals surface area contributed by atoms with E-state index in [-0.39, 0.29) is 17.1 Å². The van der Waals surface area contributed by atoms with E-state index in [0.717, 1.165) is 37.6 Å². The number of hydrogen-bond donors (Lipinski definition) is 2. The van der Waals surface area contributed by atoms with Crippen LogP contribution in [0.25, 0.3) is 0 Å². The van der Waals surface area contributed by atoms with Crippen LogP contribution >= 0.6 is 0 Å². The fourth-order valence-electron chi connectivity index (χ4n) is 9.58. The number of hydrogen-bond acceptors (Lipinski definition) is 3. The molecule has 10 atom stereocenters. The third-order valence-corrected chi connectivity index (χ3v) is 11.5. The second-order valence-corrected chi connectivity index (χ2v) is 12.9. The Kier molecular flexibility index (Phi) is 4.52. The fraction of sp³-hybridized carbons (Fsp3) is 0.857. The summed E-state index contributed by atoms with van der Waals surface area (Å²) in [5.41, 5.74) is 5.55. The number of aliphatic hydroxyl groups is 1. The van der Waals surface area contributed by atoms with E-state index in [1.54, 1.807) is 16.7 Å². The SMILES string of the molecule is CC1=C2C[C@@H]3[C@@]4(C)CC[C@H](O)CC4=CC[C@@]3(C)C2CC[C@]12O[C@@H]1C[C@H](C)CNC1[C@H]2C. The minimum absolute atomic E-state index is 0.0397. The highest BCUT2D eigenvalue weighted by molar-refractivity contribution is 5.40. The topological polar surface area (TPSA) is 41.5 Å². The van der Waals surface area contributed by atoms with E-state index in [9.17, 15) is 5.11 Å². The number of aliphatic hydroxyl groups excluding tert-OH is 1. The monoisotopic (exact) mass is 425 g/mol. The van der Waals surface area contributed by atoms with Crippen LogP contribution in [-0.2, 0) is 4.74 Å². The Bertz CT molecular complexity index is 846. The van der Waals surface area contributed by atoms with Gasteiger partial charge in [0.25, 0.3) is 0 Å². The molecule has 6 rings (SSSR count). The Morgan fingerprint density at radius 2 is 1.94 bits per heavy atom. The third-order valence-electron chi connectivity index (χ3n) is 11.5. The summed E-state index contributed by atoms with van der Waals surface area (Å²) in [5, 5.41) is 14.2. The molecule has 0 bridgehead atoms. The highest BCUT2D eigenvalue weighted by Gasteiger charge is 2.63. The molecule has 31 heavy (non-hydrogen) atoms. The second-order valence-electron chi connectivity index (χ2n) is 12.9. The Hall–Kier alpha value is -0.640. The molecule has 0 aromatic carbocycles. The second kappa shape index (κ2) is 6.70.